The van der Waals surface area contributed by atoms with Crippen molar-refractivity contribution in [2.75, 3.05) is 18.2 Å². The highest BCUT2D eigenvalue weighted by molar-refractivity contribution is 8.08. The lowest BCUT2D eigenvalue weighted by atomic mass is 9.99. The number of thioether (sulfide) groups is 2. The Hall–Kier alpha value is -2.67. The number of benzene rings is 1. The predicted octanol–water partition coefficient (Wildman–Crippen LogP) is 6.78. The molecule has 1 aliphatic rings. The van der Waals surface area contributed by atoms with Crippen molar-refractivity contribution < 1.29 is 4.39 Å². The smallest absolute Gasteiger partial charge is 0.107 e. The van der Waals surface area contributed by atoms with Gasteiger partial charge in [-0.2, -0.15) is 5.26 Å². The van der Waals surface area contributed by atoms with Gasteiger partial charge in [-0.3, -0.25) is 4.39 Å². The second kappa shape index (κ2) is 15.2. The zero-order valence-corrected chi connectivity index (χ0v) is 19.4. The van der Waals surface area contributed by atoms with Crippen molar-refractivity contribution in [3.8, 4) is 30.0 Å². The number of alkyl halides is 1. The number of nitriles is 1. The van der Waals surface area contributed by atoms with Crippen LogP contribution < -0.4 is 5.73 Å². The van der Waals surface area contributed by atoms with Gasteiger partial charge in [-0.25, -0.2) is 4.98 Å². The summed E-state index contributed by atoms with van der Waals surface area (Å²) >= 11 is 3.50. The first-order valence-electron chi connectivity index (χ1n) is 9.89. The minimum Gasteiger partial charge on any atom is -0.399 e. The van der Waals surface area contributed by atoms with Crippen LogP contribution in [-0.4, -0.2) is 23.2 Å². The van der Waals surface area contributed by atoms with E-state index in [1.807, 2.05) is 30.0 Å². The number of hydrogen-bond acceptors (Lipinski definition) is 5. The first-order chi connectivity index (χ1) is 15.1. The van der Waals surface area contributed by atoms with Crippen molar-refractivity contribution in [2.24, 2.45) is 5.73 Å². The van der Waals surface area contributed by atoms with Gasteiger partial charge in [0.1, 0.15) is 5.03 Å². The maximum Gasteiger partial charge on any atom is 0.107 e. The Balaban J connectivity index is 0.000000884. The molecule has 1 aromatic heterocycles. The molecule has 2 heterocycles. The highest BCUT2D eigenvalue weighted by Gasteiger charge is 2.19. The Bertz CT molecular complexity index is 931. The van der Waals surface area contributed by atoms with Crippen molar-refractivity contribution in [3.63, 3.8) is 0 Å². The standard InChI is InChI=1S/C21H21N3S2.C2H5F.C2H2/c1-15(23)20-17(16-8-3-2-4-9-16)14-18(19-10-7-13-25-19)24-21(20)26-12-6-5-11-22;1-2-3;1-2/h2-4,8-10,14H,1,5-7,12-13,23H2;2H2,1H3;1-2H. The van der Waals surface area contributed by atoms with Gasteiger partial charge in [0.2, 0.25) is 0 Å². The van der Waals surface area contributed by atoms with Gasteiger partial charge in [0.25, 0.3) is 0 Å². The molecule has 0 saturated heterocycles. The lowest BCUT2D eigenvalue weighted by Crippen LogP contribution is -2.04. The van der Waals surface area contributed by atoms with Crippen LogP contribution in [0.3, 0.4) is 0 Å². The number of nitrogens with zero attached hydrogens (tertiary/aromatic N) is 2. The van der Waals surface area contributed by atoms with Crippen LogP contribution in [0.4, 0.5) is 4.39 Å². The Morgan fingerprint density at radius 2 is 2.03 bits per heavy atom. The molecule has 2 aromatic rings. The zero-order valence-electron chi connectivity index (χ0n) is 17.8. The van der Waals surface area contributed by atoms with Crippen LogP contribution in [0.1, 0.15) is 37.4 Å². The minimum absolute atomic E-state index is 0.250. The molecule has 0 amide bonds. The number of nitrogens with two attached hydrogens (primary N) is 1. The van der Waals surface area contributed by atoms with Crippen molar-refractivity contribution in [1.82, 2.24) is 4.98 Å². The minimum atomic E-state index is -0.250. The van der Waals surface area contributed by atoms with Gasteiger partial charge < -0.3 is 5.73 Å². The average molecular weight is 454 g/mol. The van der Waals surface area contributed by atoms with E-state index >= 15 is 0 Å². The molecule has 0 atom stereocenters. The highest BCUT2D eigenvalue weighted by Crippen LogP contribution is 2.39. The van der Waals surface area contributed by atoms with Gasteiger partial charge in [-0.05, 0) is 37.0 Å². The summed E-state index contributed by atoms with van der Waals surface area (Å²) in [4.78, 5) is 6.14. The third-order valence-corrected chi connectivity index (χ3v) is 6.21. The van der Waals surface area contributed by atoms with Crippen LogP contribution in [0.15, 0.2) is 54.1 Å². The van der Waals surface area contributed by atoms with Crippen molar-refractivity contribution in [1.29, 1.82) is 5.26 Å². The quantitative estimate of drug-likeness (QED) is 0.284. The number of rotatable bonds is 7. The van der Waals surface area contributed by atoms with E-state index in [-0.39, 0.29) is 6.67 Å². The zero-order chi connectivity index (χ0) is 23.1. The largest absolute Gasteiger partial charge is 0.399 e. The highest BCUT2D eigenvalue weighted by atomic mass is 32.2. The molecular formula is C25H28FN3S2. The van der Waals surface area contributed by atoms with Gasteiger partial charge >= 0.3 is 0 Å². The summed E-state index contributed by atoms with van der Waals surface area (Å²) in [5.41, 5.74) is 10.8. The monoisotopic (exact) mass is 453 g/mol. The van der Waals surface area contributed by atoms with Crippen LogP contribution in [0.5, 0.6) is 0 Å². The molecule has 0 fully saturated rings. The molecule has 1 aliphatic heterocycles. The molecule has 31 heavy (non-hydrogen) atoms. The van der Waals surface area contributed by atoms with E-state index in [9.17, 15) is 4.39 Å². The topological polar surface area (TPSA) is 62.7 Å². The molecule has 3 rings (SSSR count). The van der Waals surface area contributed by atoms with E-state index in [4.69, 9.17) is 16.0 Å². The van der Waals surface area contributed by atoms with E-state index in [2.05, 4.69) is 49.8 Å². The van der Waals surface area contributed by atoms with Gasteiger partial charge in [-0.15, -0.1) is 36.4 Å². The van der Waals surface area contributed by atoms with E-state index < -0.39 is 0 Å². The summed E-state index contributed by atoms with van der Waals surface area (Å²) in [5, 5.41) is 9.67. The van der Waals surface area contributed by atoms with Gasteiger partial charge in [0, 0.05) is 34.1 Å². The number of allylic oxidation sites excluding steroid dienone is 1. The van der Waals surface area contributed by atoms with Crippen LogP contribution in [0, 0.1) is 24.2 Å². The van der Waals surface area contributed by atoms with E-state index in [1.54, 1.807) is 11.8 Å². The van der Waals surface area contributed by atoms with Crippen molar-refractivity contribution in [3.05, 3.63) is 60.3 Å². The van der Waals surface area contributed by atoms with Crippen LogP contribution in [0.2, 0.25) is 0 Å². The fraction of sp³-hybridized carbons (Fsp3) is 0.280. The molecular weight excluding hydrogens is 425 g/mol. The fourth-order valence-electron chi connectivity index (χ4n) is 2.82. The molecule has 3 nitrogen and oxygen atoms in total. The van der Waals surface area contributed by atoms with E-state index in [0.717, 1.165) is 51.8 Å². The number of terminal acetylenes is 1. The third kappa shape index (κ3) is 8.17. The molecule has 0 bridgehead atoms. The Morgan fingerprint density at radius 3 is 2.58 bits per heavy atom. The normalized spacial score (nSPS) is 11.8. The summed E-state index contributed by atoms with van der Waals surface area (Å²) < 4.78 is 10.3. The predicted molar refractivity (Wildman–Crippen MR) is 135 cm³/mol. The second-order valence-electron chi connectivity index (χ2n) is 6.21. The molecule has 1 aromatic carbocycles. The van der Waals surface area contributed by atoms with Crippen LogP contribution in [0.25, 0.3) is 21.7 Å². The van der Waals surface area contributed by atoms with Gasteiger partial charge in [-0.1, -0.05) is 43.0 Å². The van der Waals surface area contributed by atoms with Crippen LogP contribution in [-0.2, 0) is 0 Å². The Kier molecular flexibility index (Phi) is 12.9. The molecule has 162 valence electrons. The molecule has 0 unspecified atom stereocenters. The summed E-state index contributed by atoms with van der Waals surface area (Å²) in [7, 11) is 0. The first kappa shape index (κ1) is 26.4. The summed E-state index contributed by atoms with van der Waals surface area (Å²) in [5.74, 6) is 1.94. The lowest BCUT2D eigenvalue weighted by Gasteiger charge is -2.16. The third-order valence-electron chi connectivity index (χ3n) is 4.02. The molecule has 0 saturated carbocycles. The number of halogens is 1. The fourth-order valence-corrected chi connectivity index (χ4v) is 4.80. The van der Waals surface area contributed by atoms with Crippen molar-refractivity contribution in [2.45, 2.75) is 31.2 Å². The Labute approximate surface area is 194 Å². The van der Waals surface area contributed by atoms with Crippen LogP contribution >= 0.6 is 23.5 Å². The number of hydrogen-bond donors (Lipinski definition) is 1. The maximum absolute atomic E-state index is 10.3. The first-order valence-corrected chi connectivity index (χ1v) is 11.9. The maximum atomic E-state index is 10.3. The summed E-state index contributed by atoms with van der Waals surface area (Å²) in [6, 6.07) is 14.6. The SMILES string of the molecule is C#C.C=C(N)c1c(-c2ccccc2)cc(C2=CCCS2)nc1SCCCC#N.CCF. The molecule has 0 spiro atoms. The second-order valence-corrected chi connectivity index (χ2v) is 8.43. The number of aromatic nitrogens is 1. The molecule has 0 radical (unpaired) electrons. The average Bonchev–Trinajstić information content (AvgIpc) is 3.33. The van der Waals surface area contributed by atoms with Crippen molar-refractivity contribution >= 4 is 34.1 Å². The molecule has 6 heteroatoms. The molecule has 0 aliphatic carbocycles. The molecule has 2 N–H and O–H groups in total. The van der Waals surface area contributed by atoms with E-state index in [0.29, 0.717) is 12.1 Å². The number of unbranched alkanes of at least 4 members (excludes halogenated alkanes) is 1. The number of pyridine rings is 1. The van der Waals surface area contributed by atoms with Gasteiger partial charge in [0.05, 0.1) is 18.4 Å². The summed E-state index contributed by atoms with van der Waals surface area (Å²) in [6.07, 6.45) is 12.7. The van der Waals surface area contributed by atoms with Gasteiger partial charge in [0.15, 0.2) is 0 Å². The van der Waals surface area contributed by atoms with E-state index in [1.165, 1.54) is 11.8 Å². The Morgan fingerprint density at radius 1 is 1.35 bits per heavy atom. The summed E-state index contributed by atoms with van der Waals surface area (Å²) in [6.45, 7) is 5.20. The lowest BCUT2D eigenvalue weighted by molar-refractivity contribution is 0.527.